The number of hydrogen-bond acceptors (Lipinski definition) is 4. The van der Waals surface area contributed by atoms with Crippen LogP contribution < -0.4 is 11.1 Å². The van der Waals surface area contributed by atoms with Gasteiger partial charge in [0.05, 0.1) is 17.3 Å². The van der Waals surface area contributed by atoms with Crippen LogP contribution in [0.1, 0.15) is 16.0 Å². The van der Waals surface area contributed by atoms with Gasteiger partial charge < -0.3 is 16.3 Å². The van der Waals surface area contributed by atoms with Crippen molar-refractivity contribution in [1.29, 1.82) is 0 Å². The Morgan fingerprint density at radius 3 is 2.57 bits per heavy atom. The molecule has 1 heterocycles. The average Bonchev–Trinajstić information content (AvgIpc) is 2.91. The predicted molar refractivity (Wildman–Crippen MR) is 83.8 cm³/mol. The Kier molecular flexibility index (Phi) is 5.19. The predicted octanol–water partition coefficient (Wildman–Crippen LogP) is 2.35. The Morgan fingerprint density at radius 1 is 1.29 bits per heavy atom. The van der Waals surface area contributed by atoms with E-state index in [-0.39, 0.29) is 18.2 Å². The first kappa shape index (κ1) is 15.3. The summed E-state index contributed by atoms with van der Waals surface area (Å²) in [6, 6.07) is 10.6. The molecule has 1 aromatic carbocycles. The molecule has 2 rings (SSSR count). The van der Waals surface area contributed by atoms with Gasteiger partial charge in [0.1, 0.15) is 0 Å². The summed E-state index contributed by atoms with van der Waals surface area (Å²) in [5.74, 6) is -0.0309. The van der Waals surface area contributed by atoms with Crippen molar-refractivity contribution in [2.75, 3.05) is 0 Å². The van der Waals surface area contributed by atoms with E-state index in [2.05, 4.69) is 10.5 Å². The summed E-state index contributed by atoms with van der Waals surface area (Å²) in [5.41, 5.74) is 6.93. The molecule has 5 nitrogen and oxygen atoms in total. The average molecular weight is 324 g/mol. The van der Waals surface area contributed by atoms with Crippen LogP contribution in [0.25, 0.3) is 0 Å². The molecule has 0 spiro atoms. The summed E-state index contributed by atoms with van der Waals surface area (Å²) in [6.07, 6.45) is 0.273. The number of halogens is 1. The van der Waals surface area contributed by atoms with Crippen molar-refractivity contribution in [3.05, 3.63) is 56.7 Å². The first-order chi connectivity index (χ1) is 10.1. The summed E-state index contributed by atoms with van der Waals surface area (Å²) in [5, 5.41) is 14.3. The molecular weight excluding hydrogens is 310 g/mol. The second-order valence-electron chi connectivity index (χ2n) is 4.34. The molecule has 0 saturated heterocycles. The Morgan fingerprint density at radius 2 is 2.00 bits per heavy atom. The molecule has 0 aliphatic carbocycles. The van der Waals surface area contributed by atoms with Gasteiger partial charge in [-0.25, -0.2) is 0 Å². The fourth-order valence-corrected chi connectivity index (χ4v) is 2.76. The highest BCUT2D eigenvalue weighted by Gasteiger charge is 2.06. The van der Waals surface area contributed by atoms with Gasteiger partial charge in [0.15, 0.2) is 5.84 Å². The van der Waals surface area contributed by atoms with Gasteiger partial charge >= 0.3 is 0 Å². The third-order valence-corrected chi connectivity index (χ3v) is 4.04. The molecule has 110 valence electrons. The van der Waals surface area contributed by atoms with Gasteiger partial charge in [0.2, 0.25) is 5.91 Å². The summed E-state index contributed by atoms with van der Waals surface area (Å²) < 4.78 is 0.706. The first-order valence-electron chi connectivity index (χ1n) is 6.16. The zero-order valence-electron chi connectivity index (χ0n) is 11.0. The molecular formula is C14H14ClN3O2S. The minimum absolute atomic E-state index is 0.0422. The fourth-order valence-electron chi connectivity index (χ4n) is 1.73. The van der Waals surface area contributed by atoms with Crippen LogP contribution in [0, 0.1) is 0 Å². The van der Waals surface area contributed by atoms with Crippen molar-refractivity contribution in [2.45, 2.75) is 13.0 Å². The van der Waals surface area contributed by atoms with E-state index in [4.69, 9.17) is 22.5 Å². The largest absolute Gasteiger partial charge is 0.409 e. The number of rotatable bonds is 5. The van der Waals surface area contributed by atoms with E-state index >= 15 is 0 Å². The number of oxime groups is 1. The summed E-state index contributed by atoms with van der Waals surface area (Å²) in [6.45, 7) is 0.471. The van der Waals surface area contributed by atoms with Gasteiger partial charge in [-0.05, 0) is 17.7 Å². The maximum absolute atomic E-state index is 11.8. The van der Waals surface area contributed by atoms with Crippen LogP contribution in [0.5, 0.6) is 0 Å². The molecule has 0 bridgehead atoms. The third-order valence-electron chi connectivity index (χ3n) is 2.81. The Labute approximate surface area is 131 Å². The highest BCUT2D eigenvalue weighted by atomic mass is 35.5. The van der Waals surface area contributed by atoms with E-state index in [0.29, 0.717) is 16.4 Å². The lowest BCUT2D eigenvalue weighted by Crippen LogP contribution is -2.24. The van der Waals surface area contributed by atoms with E-state index in [1.54, 1.807) is 30.3 Å². The zero-order chi connectivity index (χ0) is 15.2. The van der Waals surface area contributed by atoms with Crippen LogP contribution in [-0.2, 0) is 17.8 Å². The molecule has 21 heavy (non-hydrogen) atoms. The highest BCUT2D eigenvalue weighted by molar-refractivity contribution is 7.16. The number of amides is 1. The Balaban J connectivity index is 1.87. The lowest BCUT2D eigenvalue weighted by atomic mass is 10.1. The molecule has 0 aliphatic heterocycles. The van der Waals surface area contributed by atoms with Gasteiger partial charge in [0.25, 0.3) is 0 Å². The van der Waals surface area contributed by atoms with Gasteiger partial charge in [0, 0.05) is 10.4 Å². The van der Waals surface area contributed by atoms with Crippen LogP contribution in [0.3, 0.4) is 0 Å². The number of amidine groups is 1. The van der Waals surface area contributed by atoms with Crippen molar-refractivity contribution < 1.29 is 10.0 Å². The normalized spacial score (nSPS) is 11.4. The smallest absolute Gasteiger partial charge is 0.224 e. The number of carbonyl (C=O) groups excluding carboxylic acids is 1. The number of benzene rings is 1. The molecule has 0 unspecified atom stereocenters. The van der Waals surface area contributed by atoms with E-state index in [1.807, 2.05) is 6.07 Å². The van der Waals surface area contributed by atoms with Crippen LogP contribution in [0.15, 0.2) is 41.6 Å². The first-order valence-corrected chi connectivity index (χ1v) is 7.35. The maximum atomic E-state index is 11.8. The van der Waals surface area contributed by atoms with Crippen LogP contribution in [0.2, 0.25) is 4.34 Å². The molecule has 0 aliphatic rings. The Bertz CT molecular complexity index is 652. The van der Waals surface area contributed by atoms with Crippen molar-refractivity contribution in [2.24, 2.45) is 10.9 Å². The number of nitrogens with zero attached hydrogens (tertiary/aromatic N) is 1. The van der Waals surface area contributed by atoms with Gasteiger partial charge in [-0.15, -0.1) is 11.3 Å². The maximum Gasteiger partial charge on any atom is 0.224 e. The minimum Gasteiger partial charge on any atom is -0.409 e. The SMILES string of the molecule is NC(=NO)c1ccc(CC(=O)NCc2ccc(Cl)s2)cc1. The molecule has 0 atom stereocenters. The minimum atomic E-state index is -0.0731. The van der Waals surface area contributed by atoms with Crippen LogP contribution >= 0.6 is 22.9 Å². The number of hydrogen-bond donors (Lipinski definition) is 3. The number of nitrogens with two attached hydrogens (primary N) is 1. The lowest BCUT2D eigenvalue weighted by molar-refractivity contribution is -0.120. The van der Waals surface area contributed by atoms with Gasteiger partial charge in [-0.3, -0.25) is 4.79 Å². The molecule has 0 radical (unpaired) electrons. The summed E-state index contributed by atoms with van der Waals surface area (Å²) in [4.78, 5) is 12.8. The lowest BCUT2D eigenvalue weighted by Gasteiger charge is -2.05. The molecule has 1 amide bonds. The second-order valence-corrected chi connectivity index (χ2v) is 6.14. The van der Waals surface area contributed by atoms with Crippen LogP contribution in [0.4, 0.5) is 0 Å². The van der Waals surface area contributed by atoms with Crippen molar-refractivity contribution >= 4 is 34.7 Å². The monoisotopic (exact) mass is 323 g/mol. The molecule has 0 saturated carbocycles. The van der Waals surface area contributed by atoms with Gasteiger partial charge in [-0.2, -0.15) is 0 Å². The van der Waals surface area contributed by atoms with Crippen LogP contribution in [-0.4, -0.2) is 17.0 Å². The second kappa shape index (κ2) is 7.10. The molecule has 7 heteroatoms. The highest BCUT2D eigenvalue weighted by Crippen LogP contribution is 2.21. The number of thiophene rings is 1. The van der Waals surface area contributed by atoms with Crippen molar-refractivity contribution in [3.8, 4) is 0 Å². The standard InChI is InChI=1S/C14H14ClN3O2S/c15-12-6-5-11(21-12)8-17-13(19)7-9-1-3-10(4-2-9)14(16)18-20/h1-6,20H,7-8H2,(H2,16,18)(H,17,19). The molecule has 4 N–H and O–H groups in total. The molecule has 0 fully saturated rings. The molecule has 2 aromatic rings. The summed E-state index contributed by atoms with van der Waals surface area (Å²) in [7, 11) is 0. The quantitative estimate of drug-likeness (QED) is 0.341. The fraction of sp³-hybridized carbons (Fsp3) is 0.143. The van der Waals surface area contributed by atoms with E-state index in [0.717, 1.165) is 10.4 Å². The number of nitrogens with one attached hydrogen (secondary N) is 1. The summed E-state index contributed by atoms with van der Waals surface area (Å²) >= 11 is 7.27. The van der Waals surface area contributed by atoms with E-state index in [9.17, 15) is 4.79 Å². The van der Waals surface area contributed by atoms with Crippen molar-refractivity contribution in [3.63, 3.8) is 0 Å². The van der Waals surface area contributed by atoms with E-state index in [1.165, 1.54) is 11.3 Å². The third kappa shape index (κ3) is 4.47. The topological polar surface area (TPSA) is 87.7 Å². The van der Waals surface area contributed by atoms with Gasteiger partial charge in [-0.1, -0.05) is 41.0 Å². The Hall–Kier alpha value is -2.05. The number of carbonyl (C=O) groups is 1. The molecule has 1 aromatic heterocycles. The zero-order valence-corrected chi connectivity index (χ0v) is 12.6. The van der Waals surface area contributed by atoms with E-state index < -0.39 is 0 Å². The van der Waals surface area contributed by atoms with Crippen molar-refractivity contribution in [1.82, 2.24) is 5.32 Å².